The lowest BCUT2D eigenvalue weighted by Crippen LogP contribution is -2.20. The normalized spacial score (nSPS) is 13.0. The average Bonchev–Trinajstić information content (AvgIpc) is 3.49. The van der Waals surface area contributed by atoms with Gasteiger partial charge >= 0.3 is 18.3 Å². The molecule has 0 saturated carbocycles. The second kappa shape index (κ2) is 17.9. The van der Waals surface area contributed by atoms with Crippen molar-refractivity contribution < 1.29 is 45.5 Å². The van der Waals surface area contributed by atoms with Crippen molar-refractivity contribution in [3.63, 3.8) is 0 Å². The van der Waals surface area contributed by atoms with Crippen LogP contribution in [0.1, 0.15) is 102 Å². The van der Waals surface area contributed by atoms with E-state index in [4.69, 9.17) is 9.57 Å². The molecule has 0 N–H and O–H groups in total. The number of ether oxygens (including phenoxy) is 1. The number of nitrogens with zero attached hydrogens (tertiary/aromatic N) is 2. The number of aromatic nitrogens is 1. The molecule has 0 spiro atoms. The number of carbonyl (C=O) groups is 2. The molecule has 5 aromatic carbocycles. The fourth-order valence-electron chi connectivity index (χ4n) is 8.19. The number of alkyl halides is 6. The predicted octanol–water partition coefficient (Wildman–Crippen LogP) is 13.1. The van der Waals surface area contributed by atoms with Gasteiger partial charge in [-0.2, -0.15) is 26.3 Å². The SMILES string of the molecule is CCCCC(CC)Cn1c2ccc(/C(=N\OC(C)=O)c3ccc(CCC(F)(F)F)cc3OCC(F)(F)F)cc2c2cc(C(=O)c3c(C)cc(C)cc3C)c3ccccc3c21. The summed E-state index contributed by atoms with van der Waals surface area (Å²) < 4.78 is 87.6. The summed E-state index contributed by atoms with van der Waals surface area (Å²) in [5, 5.41) is 7.22. The largest absolute Gasteiger partial charge is 0.483 e. The monoisotopic (exact) mass is 830 g/mol. The Morgan fingerprint density at radius 1 is 0.783 bits per heavy atom. The molecule has 12 heteroatoms. The molecule has 0 fully saturated rings. The van der Waals surface area contributed by atoms with Gasteiger partial charge in [0.2, 0.25) is 0 Å². The van der Waals surface area contributed by atoms with Crippen LogP contribution in [0.4, 0.5) is 26.3 Å². The third-order valence-electron chi connectivity index (χ3n) is 10.9. The number of aryl methyl sites for hydroxylation is 4. The molecule has 6 aromatic rings. The minimum atomic E-state index is -4.77. The summed E-state index contributed by atoms with van der Waals surface area (Å²) in [6.45, 7) is 10.2. The maximum Gasteiger partial charge on any atom is 0.422 e. The van der Waals surface area contributed by atoms with Crippen molar-refractivity contribution >= 4 is 50.0 Å². The van der Waals surface area contributed by atoms with Gasteiger partial charge in [-0.15, -0.1) is 0 Å². The highest BCUT2D eigenvalue weighted by atomic mass is 19.4. The molecule has 60 heavy (non-hydrogen) atoms. The first-order chi connectivity index (χ1) is 28.4. The Hall–Kier alpha value is -5.65. The van der Waals surface area contributed by atoms with Crippen LogP contribution in [0.5, 0.6) is 5.75 Å². The smallest absolute Gasteiger partial charge is 0.422 e. The Balaban J connectivity index is 1.64. The predicted molar refractivity (Wildman–Crippen MR) is 224 cm³/mol. The van der Waals surface area contributed by atoms with Gasteiger partial charge in [0.25, 0.3) is 0 Å². The summed E-state index contributed by atoms with van der Waals surface area (Å²) in [6.07, 6.45) is -6.93. The molecule has 1 aromatic heterocycles. The van der Waals surface area contributed by atoms with E-state index in [-0.39, 0.29) is 28.4 Å². The number of fused-ring (bicyclic) bond motifs is 5. The van der Waals surface area contributed by atoms with Crippen molar-refractivity contribution in [1.29, 1.82) is 0 Å². The van der Waals surface area contributed by atoms with Crippen LogP contribution in [0.25, 0.3) is 32.6 Å². The first kappa shape index (κ1) is 43.9. The Morgan fingerprint density at radius 2 is 1.48 bits per heavy atom. The zero-order valence-corrected chi connectivity index (χ0v) is 34.5. The third kappa shape index (κ3) is 9.86. The number of hydrogen-bond acceptors (Lipinski definition) is 5. The molecule has 1 atom stereocenters. The number of rotatable bonds is 15. The highest BCUT2D eigenvalue weighted by Gasteiger charge is 2.31. The summed E-state index contributed by atoms with van der Waals surface area (Å²) in [4.78, 5) is 32.0. The molecule has 0 aliphatic heterocycles. The van der Waals surface area contributed by atoms with E-state index in [2.05, 4.69) is 23.6 Å². The minimum absolute atomic E-state index is 0.0309. The molecule has 1 heterocycles. The summed E-state index contributed by atoms with van der Waals surface area (Å²) in [5.41, 5.74) is 5.92. The van der Waals surface area contributed by atoms with Crippen LogP contribution < -0.4 is 4.74 Å². The second-order valence-corrected chi connectivity index (χ2v) is 15.6. The van der Waals surface area contributed by atoms with E-state index in [0.29, 0.717) is 34.5 Å². The summed E-state index contributed by atoms with van der Waals surface area (Å²) >= 11 is 0. The van der Waals surface area contributed by atoms with E-state index < -0.39 is 37.8 Å². The molecular formula is C48H48F6N2O4. The van der Waals surface area contributed by atoms with E-state index in [0.717, 1.165) is 82.6 Å². The van der Waals surface area contributed by atoms with Gasteiger partial charge in [0.15, 0.2) is 12.4 Å². The lowest BCUT2D eigenvalue weighted by Gasteiger charge is -2.19. The second-order valence-electron chi connectivity index (χ2n) is 15.6. The molecule has 0 radical (unpaired) electrons. The third-order valence-corrected chi connectivity index (χ3v) is 10.9. The maximum absolute atomic E-state index is 14.7. The molecule has 0 saturated heterocycles. The number of hydrogen-bond donors (Lipinski definition) is 0. The van der Waals surface area contributed by atoms with Crippen molar-refractivity contribution in [2.24, 2.45) is 11.1 Å². The van der Waals surface area contributed by atoms with Crippen molar-refractivity contribution in [2.45, 2.75) is 99.0 Å². The molecular weight excluding hydrogens is 783 g/mol. The van der Waals surface area contributed by atoms with Gasteiger partial charge in [-0.25, -0.2) is 4.79 Å². The van der Waals surface area contributed by atoms with Crippen LogP contribution in [0, 0.1) is 26.7 Å². The summed E-state index contributed by atoms with van der Waals surface area (Å²) in [7, 11) is 0. The van der Waals surface area contributed by atoms with Gasteiger partial charge < -0.3 is 14.1 Å². The Morgan fingerprint density at radius 3 is 2.12 bits per heavy atom. The number of halogens is 6. The lowest BCUT2D eigenvalue weighted by molar-refractivity contribution is -0.153. The van der Waals surface area contributed by atoms with Gasteiger partial charge in [-0.3, -0.25) is 4.79 Å². The molecule has 0 aliphatic carbocycles. The van der Waals surface area contributed by atoms with Gasteiger partial charge in [-0.1, -0.05) is 92.4 Å². The quantitative estimate of drug-likeness (QED) is 0.0340. The van der Waals surface area contributed by atoms with Gasteiger partial charge in [0.1, 0.15) is 11.5 Å². The van der Waals surface area contributed by atoms with E-state index in [9.17, 15) is 35.9 Å². The molecule has 0 aliphatic rings. The van der Waals surface area contributed by atoms with E-state index in [1.807, 2.05) is 69.3 Å². The standard InChI is InChI=1S/C48H48F6N2O4/c1-7-9-12-32(8-2)26-56-41-18-16-34(44(55-60-31(6)57)37-17-15-33(19-20-47(49,50)51)23-42(37)59-27-48(52,53)54)24-38(41)39-25-40(35-13-10-11-14-36(35)45(39)56)46(58)43-29(4)21-28(3)22-30(43)5/h10-11,13-18,21-25,32H,7-9,12,19-20,26-27H2,1-6H3/b55-44+. The van der Waals surface area contributed by atoms with E-state index in [1.165, 1.54) is 12.1 Å². The van der Waals surface area contributed by atoms with E-state index in [1.54, 1.807) is 12.1 Å². The minimum Gasteiger partial charge on any atom is -0.483 e. The van der Waals surface area contributed by atoms with Crippen molar-refractivity contribution in [1.82, 2.24) is 4.57 Å². The van der Waals surface area contributed by atoms with E-state index >= 15 is 0 Å². The fraction of sp³-hybridized carbons (Fsp3) is 0.354. The van der Waals surface area contributed by atoms with Crippen LogP contribution >= 0.6 is 0 Å². The number of ketones is 1. The topological polar surface area (TPSA) is 69.9 Å². The molecule has 316 valence electrons. The number of unbranched alkanes of at least 4 members (excludes halogenated alkanes) is 1. The highest BCUT2D eigenvalue weighted by Crippen LogP contribution is 2.40. The van der Waals surface area contributed by atoms with Gasteiger partial charge in [0.05, 0.1) is 5.52 Å². The molecule has 1 unspecified atom stereocenters. The Kier molecular flexibility index (Phi) is 13.1. The highest BCUT2D eigenvalue weighted by molar-refractivity contribution is 6.27. The van der Waals surface area contributed by atoms with Gasteiger partial charge in [-0.05, 0) is 91.9 Å². The molecule has 6 rings (SSSR count). The van der Waals surface area contributed by atoms with Gasteiger partial charge in [0, 0.05) is 63.8 Å². The van der Waals surface area contributed by atoms with Crippen LogP contribution in [0.2, 0.25) is 0 Å². The van der Waals surface area contributed by atoms with Crippen molar-refractivity contribution in [2.75, 3.05) is 6.61 Å². The van der Waals surface area contributed by atoms with Crippen LogP contribution in [0.3, 0.4) is 0 Å². The molecule has 6 nitrogen and oxygen atoms in total. The fourth-order valence-corrected chi connectivity index (χ4v) is 8.19. The van der Waals surface area contributed by atoms with Crippen LogP contribution in [0.15, 0.2) is 84.0 Å². The maximum atomic E-state index is 14.7. The van der Waals surface area contributed by atoms with Crippen LogP contribution in [-0.4, -0.2) is 41.0 Å². The van der Waals surface area contributed by atoms with Crippen molar-refractivity contribution in [3.8, 4) is 5.75 Å². The molecule has 0 amide bonds. The number of benzene rings is 5. The first-order valence-corrected chi connectivity index (χ1v) is 20.1. The lowest BCUT2D eigenvalue weighted by atomic mass is 9.89. The number of oxime groups is 1. The summed E-state index contributed by atoms with van der Waals surface area (Å²) in [5.74, 6) is -1.00. The average molecular weight is 831 g/mol. The van der Waals surface area contributed by atoms with Crippen molar-refractivity contribution in [3.05, 3.63) is 123 Å². The van der Waals surface area contributed by atoms with Crippen LogP contribution in [-0.2, 0) is 22.6 Å². The Labute approximate surface area is 345 Å². The zero-order valence-electron chi connectivity index (χ0n) is 34.5. The molecule has 0 bridgehead atoms. The first-order valence-electron chi connectivity index (χ1n) is 20.1. The zero-order chi connectivity index (χ0) is 43.5. The number of carbonyl (C=O) groups excluding carboxylic acids is 2. The Bertz CT molecular complexity index is 2580. The summed E-state index contributed by atoms with van der Waals surface area (Å²) in [6, 6.07) is 22.9.